The number of aliphatic hydroxyl groups is 1. The number of amides is 1. The summed E-state index contributed by atoms with van der Waals surface area (Å²) in [7, 11) is 0. The van der Waals surface area contributed by atoms with Crippen molar-refractivity contribution in [1.82, 2.24) is 9.88 Å². The molecule has 3 aromatic rings. The Morgan fingerprint density at radius 3 is 2.48 bits per heavy atom. The zero-order valence-corrected chi connectivity index (χ0v) is 17.6. The quantitative estimate of drug-likeness (QED) is 0.595. The third kappa shape index (κ3) is 5.30. The lowest BCUT2D eigenvalue weighted by Gasteiger charge is -2.18. The second-order valence-corrected chi connectivity index (χ2v) is 7.33. The highest BCUT2D eigenvalue weighted by molar-refractivity contribution is 5.95. The molecule has 0 bridgehead atoms. The van der Waals surface area contributed by atoms with Crippen LogP contribution in [0.25, 0.3) is 11.1 Å². The number of benzene rings is 2. The summed E-state index contributed by atoms with van der Waals surface area (Å²) >= 11 is 0. The van der Waals surface area contributed by atoms with Crippen molar-refractivity contribution in [3.05, 3.63) is 92.9 Å². The lowest BCUT2D eigenvalue weighted by atomic mass is 9.98. The van der Waals surface area contributed by atoms with E-state index in [9.17, 15) is 22.8 Å². The maximum Gasteiger partial charge on any atom is 0.416 e. The molecule has 0 aliphatic carbocycles. The van der Waals surface area contributed by atoms with Crippen LogP contribution in [0.4, 0.5) is 13.2 Å². The number of nitrogens with zero attached hydrogens (tertiary/aromatic N) is 2. The highest BCUT2D eigenvalue weighted by atomic mass is 19.4. The summed E-state index contributed by atoms with van der Waals surface area (Å²) in [6.07, 6.45) is -3.25. The molecule has 0 unspecified atom stereocenters. The molecule has 1 amide bonds. The fourth-order valence-electron chi connectivity index (χ4n) is 3.42. The molecule has 9 heteroatoms. The second-order valence-electron chi connectivity index (χ2n) is 7.33. The van der Waals surface area contributed by atoms with E-state index in [1.165, 1.54) is 18.3 Å². The molecule has 0 spiro atoms. The lowest BCUT2D eigenvalue weighted by Crippen LogP contribution is -2.32. The van der Waals surface area contributed by atoms with Gasteiger partial charge in [0.05, 0.1) is 23.8 Å². The Bertz CT molecular complexity index is 1270. The van der Waals surface area contributed by atoms with Gasteiger partial charge < -0.3 is 15.0 Å². The molecule has 0 fully saturated rings. The average molecular weight is 455 g/mol. The van der Waals surface area contributed by atoms with E-state index in [1.54, 1.807) is 35.8 Å². The van der Waals surface area contributed by atoms with Gasteiger partial charge in [-0.15, -0.1) is 0 Å². The zero-order chi connectivity index (χ0) is 24.2. The molecule has 1 heterocycles. The van der Waals surface area contributed by atoms with Crippen LogP contribution in [0.3, 0.4) is 0 Å². The third-order valence-electron chi connectivity index (χ3n) is 5.11. The van der Waals surface area contributed by atoms with Crippen molar-refractivity contribution in [2.75, 3.05) is 13.2 Å². The Labute approximate surface area is 187 Å². The van der Waals surface area contributed by atoms with Gasteiger partial charge in [0.2, 0.25) is 5.43 Å². The van der Waals surface area contributed by atoms with Gasteiger partial charge in [0, 0.05) is 30.5 Å². The summed E-state index contributed by atoms with van der Waals surface area (Å²) in [5, 5.41) is 20.4. The molecule has 0 aliphatic heterocycles. The number of hydrogen-bond acceptors (Lipinski definition) is 4. The van der Waals surface area contributed by atoms with Crippen molar-refractivity contribution in [2.45, 2.75) is 19.6 Å². The molecular weight excluding hydrogens is 435 g/mol. The van der Waals surface area contributed by atoms with E-state index in [0.29, 0.717) is 11.3 Å². The predicted molar refractivity (Wildman–Crippen MR) is 116 cm³/mol. The first-order valence-corrected chi connectivity index (χ1v) is 9.95. The summed E-state index contributed by atoms with van der Waals surface area (Å²) in [6.45, 7) is 1.39. The van der Waals surface area contributed by atoms with E-state index in [-0.39, 0.29) is 36.4 Å². The van der Waals surface area contributed by atoms with Crippen molar-refractivity contribution in [3.63, 3.8) is 0 Å². The standard InChI is InChI=1S/C24H20F3N3O3/c1-15-21(18-3-2-4-19(11-18)24(25,26)27)22(32)20(23(33)29-9-10-31)14-30(15)13-17-7-5-16(12-28)6-8-17/h2-8,11,14,31H,9-10,13H2,1H3,(H,29,33). The number of pyridine rings is 1. The minimum Gasteiger partial charge on any atom is -0.395 e. The van der Waals surface area contributed by atoms with Gasteiger partial charge in [-0.1, -0.05) is 24.3 Å². The topological polar surface area (TPSA) is 95.1 Å². The second kappa shape index (κ2) is 9.71. The molecule has 6 nitrogen and oxygen atoms in total. The molecule has 0 radical (unpaired) electrons. The first-order chi connectivity index (χ1) is 15.7. The van der Waals surface area contributed by atoms with Crippen LogP contribution in [0.1, 0.15) is 32.7 Å². The van der Waals surface area contributed by atoms with Crippen molar-refractivity contribution in [2.24, 2.45) is 0 Å². The van der Waals surface area contributed by atoms with Crippen LogP contribution in [0.15, 0.2) is 59.5 Å². The monoisotopic (exact) mass is 455 g/mol. The Morgan fingerprint density at radius 1 is 1.18 bits per heavy atom. The Morgan fingerprint density at radius 2 is 1.88 bits per heavy atom. The van der Waals surface area contributed by atoms with Gasteiger partial charge in [-0.05, 0) is 42.3 Å². The predicted octanol–water partition coefficient (Wildman–Crippen LogP) is 3.48. The number of aliphatic hydroxyl groups excluding tert-OH is 1. The van der Waals surface area contributed by atoms with Crippen LogP contribution < -0.4 is 10.7 Å². The Balaban J connectivity index is 2.19. The Kier molecular flexibility index (Phi) is 6.99. The smallest absolute Gasteiger partial charge is 0.395 e. The van der Waals surface area contributed by atoms with Gasteiger partial charge in [0.15, 0.2) is 0 Å². The number of carbonyl (C=O) groups excluding carboxylic acids is 1. The summed E-state index contributed by atoms with van der Waals surface area (Å²) in [5.41, 5.74) is -0.255. The van der Waals surface area contributed by atoms with Gasteiger partial charge in [-0.2, -0.15) is 18.4 Å². The minimum atomic E-state index is -4.60. The zero-order valence-electron chi connectivity index (χ0n) is 17.6. The van der Waals surface area contributed by atoms with Crippen LogP contribution in [-0.2, 0) is 12.7 Å². The summed E-state index contributed by atoms with van der Waals surface area (Å²) in [6, 6.07) is 13.1. The number of hydrogen-bond donors (Lipinski definition) is 2. The van der Waals surface area contributed by atoms with E-state index in [2.05, 4.69) is 5.32 Å². The van der Waals surface area contributed by atoms with Crippen molar-refractivity contribution in [1.29, 1.82) is 5.26 Å². The average Bonchev–Trinajstić information content (AvgIpc) is 2.79. The fraction of sp³-hybridized carbons (Fsp3) is 0.208. The highest BCUT2D eigenvalue weighted by Gasteiger charge is 2.31. The van der Waals surface area contributed by atoms with Crippen LogP contribution >= 0.6 is 0 Å². The first-order valence-electron chi connectivity index (χ1n) is 9.95. The number of carbonyl (C=O) groups is 1. The number of aromatic nitrogens is 1. The van der Waals surface area contributed by atoms with Crippen LogP contribution in [0.5, 0.6) is 0 Å². The van der Waals surface area contributed by atoms with Crippen molar-refractivity contribution >= 4 is 5.91 Å². The van der Waals surface area contributed by atoms with E-state index in [0.717, 1.165) is 17.7 Å². The molecule has 170 valence electrons. The maximum atomic E-state index is 13.3. The van der Waals surface area contributed by atoms with Gasteiger partial charge in [-0.3, -0.25) is 9.59 Å². The molecule has 0 saturated heterocycles. The van der Waals surface area contributed by atoms with Crippen LogP contribution in [0.2, 0.25) is 0 Å². The summed E-state index contributed by atoms with van der Waals surface area (Å²) in [4.78, 5) is 25.8. The Hall–Kier alpha value is -3.90. The van der Waals surface area contributed by atoms with Crippen molar-refractivity contribution < 1.29 is 23.1 Å². The van der Waals surface area contributed by atoms with E-state index < -0.39 is 23.1 Å². The van der Waals surface area contributed by atoms with Crippen LogP contribution in [-0.4, -0.2) is 28.7 Å². The van der Waals surface area contributed by atoms with Crippen molar-refractivity contribution in [3.8, 4) is 17.2 Å². The van der Waals surface area contributed by atoms with Crippen LogP contribution in [0, 0.1) is 18.3 Å². The lowest BCUT2D eigenvalue weighted by molar-refractivity contribution is -0.137. The van der Waals surface area contributed by atoms with E-state index in [4.69, 9.17) is 10.4 Å². The molecule has 0 atom stereocenters. The summed E-state index contributed by atoms with van der Waals surface area (Å²) in [5.74, 6) is -0.740. The largest absolute Gasteiger partial charge is 0.416 e. The number of nitriles is 1. The summed E-state index contributed by atoms with van der Waals surface area (Å²) < 4.78 is 41.4. The highest BCUT2D eigenvalue weighted by Crippen LogP contribution is 2.32. The molecule has 1 aromatic heterocycles. The molecule has 3 rings (SSSR count). The number of halogens is 3. The number of alkyl halides is 3. The molecule has 2 N–H and O–H groups in total. The third-order valence-corrected chi connectivity index (χ3v) is 5.11. The number of nitrogens with one attached hydrogen (secondary N) is 1. The number of rotatable bonds is 6. The molecule has 0 saturated carbocycles. The molecule has 2 aromatic carbocycles. The molecule has 33 heavy (non-hydrogen) atoms. The molecular formula is C24H20F3N3O3. The maximum absolute atomic E-state index is 13.3. The van der Waals surface area contributed by atoms with E-state index in [1.807, 2.05) is 6.07 Å². The van der Waals surface area contributed by atoms with Gasteiger partial charge in [0.1, 0.15) is 5.56 Å². The normalized spacial score (nSPS) is 11.2. The van der Waals surface area contributed by atoms with Gasteiger partial charge in [0.25, 0.3) is 5.91 Å². The van der Waals surface area contributed by atoms with Gasteiger partial charge in [-0.25, -0.2) is 0 Å². The SMILES string of the molecule is Cc1c(-c2cccc(C(F)(F)F)c2)c(=O)c(C(=O)NCCO)cn1Cc1ccc(C#N)cc1. The van der Waals surface area contributed by atoms with Gasteiger partial charge >= 0.3 is 6.18 Å². The molecule has 0 aliphatic rings. The fourth-order valence-corrected chi connectivity index (χ4v) is 3.42. The minimum absolute atomic E-state index is 0.0219. The first kappa shape index (κ1) is 23.8. The van der Waals surface area contributed by atoms with E-state index >= 15 is 0 Å².